The van der Waals surface area contributed by atoms with Crippen LogP contribution in [0.25, 0.3) is 0 Å². The van der Waals surface area contributed by atoms with Crippen LogP contribution in [0, 0.1) is 32.4 Å². The molecule has 3 aromatic rings. The molecule has 0 aliphatic carbocycles. The van der Waals surface area contributed by atoms with Crippen molar-refractivity contribution in [2.45, 2.75) is 20.8 Å². The molecule has 0 radical (unpaired) electrons. The highest BCUT2D eigenvalue weighted by Crippen LogP contribution is 2.27. The van der Waals surface area contributed by atoms with Crippen LogP contribution in [0.1, 0.15) is 48.5 Å². The summed E-state index contributed by atoms with van der Waals surface area (Å²) in [5.41, 5.74) is 3.62. The van der Waals surface area contributed by atoms with Crippen molar-refractivity contribution in [2.24, 2.45) is 0 Å². The number of aryl methyl sites for hydroxylation is 2. The Bertz CT molecular complexity index is 952. The van der Waals surface area contributed by atoms with Crippen molar-refractivity contribution in [3.8, 4) is 0 Å². The van der Waals surface area contributed by atoms with Gasteiger partial charge in [0.25, 0.3) is 0 Å². The fraction of sp³-hybridized carbons (Fsp3) is 0.130. The first-order valence-corrected chi connectivity index (χ1v) is 8.51. The molecule has 4 heteroatoms. The molecule has 0 spiro atoms. The number of rotatable bonds is 4. The van der Waals surface area contributed by atoms with Gasteiger partial charge in [-0.25, -0.2) is 8.78 Å². The Labute approximate surface area is 156 Å². The van der Waals surface area contributed by atoms with Crippen LogP contribution >= 0.6 is 0 Å². The molecule has 0 heterocycles. The number of hydrogen-bond acceptors (Lipinski definition) is 2. The topological polar surface area (TPSA) is 34.1 Å². The Morgan fingerprint density at radius 1 is 0.630 bits per heavy atom. The van der Waals surface area contributed by atoms with Crippen molar-refractivity contribution < 1.29 is 18.4 Å². The van der Waals surface area contributed by atoms with Crippen LogP contribution in [0.2, 0.25) is 0 Å². The number of carbonyl (C=O) groups excluding carboxylic acids is 2. The Hall–Kier alpha value is -3.14. The first-order valence-electron chi connectivity index (χ1n) is 8.51. The summed E-state index contributed by atoms with van der Waals surface area (Å²) in [5.74, 6) is -1.37. The third-order valence-electron chi connectivity index (χ3n) is 4.64. The van der Waals surface area contributed by atoms with Gasteiger partial charge in [-0.05, 0) is 86.0 Å². The molecule has 0 fully saturated rings. The van der Waals surface area contributed by atoms with Crippen LogP contribution in [0.5, 0.6) is 0 Å². The number of hydrogen-bond donors (Lipinski definition) is 0. The lowest BCUT2D eigenvalue weighted by Gasteiger charge is -2.16. The first kappa shape index (κ1) is 18.6. The molecule has 0 aliphatic heterocycles. The largest absolute Gasteiger partial charge is 0.289 e. The van der Waals surface area contributed by atoms with Gasteiger partial charge in [-0.3, -0.25) is 9.59 Å². The molecule has 136 valence electrons. The van der Waals surface area contributed by atoms with E-state index >= 15 is 0 Å². The normalized spacial score (nSPS) is 10.7. The highest BCUT2D eigenvalue weighted by Gasteiger charge is 2.22. The van der Waals surface area contributed by atoms with Gasteiger partial charge in [-0.15, -0.1) is 0 Å². The lowest BCUT2D eigenvalue weighted by Crippen LogP contribution is -2.14. The molecule has 27 heavy (non-hydrogen) atoms. The Morgan fingerprint density at radius 2 is 0.963 bits per heavy atom. The highest BCUT2D eigenvalue weighted by molar-refractivity contribution is 6.16. The molecule has 2 nitrogen and oxygen atoms in total. The minimum Gasteiger partial charge on any atom is -0.289 e. The molecular formula is C23H18F2O2. The van der Waals surface area contributed by atoms with E-state index in [9.17, 15) is 18.4 Å². The summed E-state index contributed by atoms with van der Waals surface area (Å²) >= 11 is 0. The molecule has 0 saturated heterocycles. The van der Waals surface area contributed by atoms with Gasteiger partial charge in [-0.2, -0.15) is 0 Å². The van der Waals surface area contributed by atoms with Crippen molar-refractivity contribution in [3.05, 3.63) is 105 Å². The van der Waals surface area contributed by atoms with Gasteiger partial charge < -0.3 is 0 Å². The second kappa shape index (κ2) is 7.23. The smallest absolute Gasteiger partial charge is 0.193 e. The Kier molecular flexibility index (Phi) is 5.00. The lowest BCUT2D eigenvalue weighted by atomic mass is 9.86. The minimum atomic E-state index is -0.420. The van der Waals surface area contributed by atoms with Crippen LogP contribution in [0.3, 0.4) is 0 Å². The average Bonchev–Trinajstić information content (AvgIpc) is 2.62. The van der Waals surface area contributed by atoms with E-state index in [4.69, 9.17) is 0 Å². The summed E-state index contributed by atoms with van der Waals surface area (Å²) in [6, 6.07) is 12.4. The van der Waals surface area contributed by atoms with E-state index in [-0.39, 0.29) is 11.6 Å². The average molecular weight is 364 g/mol. The van der Waals surface area contributed by atoms with Crippen molar-refractivity contribution >= 4 is 11.6 Å². The zero-order valence-corrected chi connectivity index (χ0v) is 15.3. The molecule has 0 atom stereocenters. The summed E-state index contributed by atoms with van der Waals surface area (Å²) in [5, 5.41) is 0. The molecular weight excluding hydrogens is 346 g/mol. The van der Waals surface area contributed by atoms with Gasteiger partial charge in [-0.1, -0.05) is 6.07 Å². The van der Waals surface area contributed by atoms with Crippen molar-refractivity contribution in [1.82, 2.24) is 0 Å². The number of halogens is 2. The van der Waals surface area contributed by atoms with E-state index in [0.717, 1.165) is 11.1 Å². The van der Waals surface area contributed by atoms with Gasteiger partial charge in [0, 0.05) is 22.3 Å². The summed E-state index contributed by atoms with van der Waals surface area (Å²) in [6.45, 7) is 5.35. The summed E-state index contributed by atoms with van der Waals surface area (Å²) in [6.07, 6.45) is 0. The molecule has 0 unspecified atom stereocenters. The van der Waals surface area contributed by atoms with Crippen LogP contribution in [-0.2, 0) is 0 Å². The van der Waals surface area contributed by atoms with Crippen LogP contribution in [0.15, 0.2) is 54.6 Å². The van der Waals surface area contributed by atoms with Crippen molar-refractivity contribution in [2.75, 3.05) is 0 Å². The number of ketones is 2. The molecule has 3 rings (SSSR count). The summed E-state index contributed by atoms with van der Waals surface area (Å²) < 4.78 is 26.3. The second-order valence-corrected chi connectivity index (χ2v) is 6.56. The van der Waals surface area contributed by atoms with Crippen molar-refractivity contribution in [3.63, 3.8) is 0 Å². The van der Waals surface area contributed by atoms with E-state index in [0.29, 0.717) is 27.8 Å². The fourth-order valence-electron chi connectivity index (χ4n) is 3.38. The zero-order chi connectivity index (χ0) is 19.7. The molecule has 0 aromatic heterocycles. The predicted octanol–water partition coefficient (Wildman–Crippen LogP) is 5.35. The molecule has 0 amide bonds. The standard InChI is InChI=1S/C23H18F2O2/c1-13-12-14(2)21(23(27)17-6-10-19(25)11-7-17)15(3)20(13)22(26)16-4-8-18(24)9-5-16/h4-12H,1-3H3. The van der Waals surface area contributed by atoms with E-state index in [1.54, 1.807) is 13.0 Å². The number of carbonyl (C=O) groups is 2. The SMILES string of the molecule is Cc1cc(C)c(C(=O)c2ccc(F)cc2)c(C)c1C(=O)c1ccc(F)cc1. The minimum absolute atomic E-state index is 0.266. The first-order chi connectivity index (χ1) is 12.8. The fourth-order valence-corrected chi connectivity index (χ4v) is 3.38. The maximum atomic E-state index is 13.2. The van der Waals surface area contributed by atoms with E-state index in [2.05, 4.69) is 0 Å². The quantitative estimate of drug-likeness (QED) is 0.585. The second-order valence-electron chi connectivity index (χ2n) is 6.56. The Morgan fingerprint density at radius 3 is 1.30 bits per heavy atom. The third kappa shape index (κ3) is 3.56. The van der Waals surface area contributed by atoms with Gasteiger partial charge in [0.15, 0.2) is 11.6 Å². The van der Waals surface area contributed by atoms with E-state index < -0.39 is 11.6 Å². The van der Waals surface area contributed by atoms with Gasteiger partial charge in [0.1, 0.15) is 11.6 Å². The maximum Gasteiger partial charge on any atom is 0.193 e. The van der Waals surface area contributed by atoms with E-state index in [1.165, 1.54) is 48.5 Å². The van der Waals surface area contributed by atoms with Gasteiger partial charge in [0.2, 0.25) is 0 Å². The lowest BCUT2D eigenvalue weighted by molar-refractivity contribution is 0.103. The van der Waals surface area contributed by atoms with Gasteiger partial charge in [0.05, 0.1) is 0 Å². The number of benzene rings is 3. The van der Waals surface area contributed by atoms with E-state index in [1.807, 2.05) is 13.8 Å². The Balaban J connectivity index is 2.13. The van der Waals surface area contributed by atoms with Crippen LogP contribution in [-0.4, -0.2) is 11.6 Å². The summed E-state index contributed by atoms with van der Waals surface area (Å²) in [7, 11) is 0. The molecule has 3 aromatic carbocycles. The molecule has 0 aliphatic rings. The highest BCUT2D eigenvalue weighted by atomic mass is 19.1. The van der Waals surface area contributed by atoms with Crippen molar-refractivity contribution in [1.29, 1.82) is 0 Å². The monoisotopic (exact) mass is 364 g/mol. The van der Waals surface area contributed by atoms with Gasteiger partial charge >= 0.3 is 0 Å². The molecule has 0 N–H and O–H groups in total. The zero-order valence-electron chi connectivity index (χ0n) is 15.3. The molecule has 0 bridgehead atoms. The maximum absolute atomic E-state index is 13.2. The predicted molar refractivity (Wildman–Crippen MR) is 100 cm³/mol. The molecule has 0 saturated carbocycles. The summed E-state index contributed by atoms with van der Waals surface area (Å²) in [4.78, 5) is 26.0. The van der Waals surface area contributed by atoms with Crippen LogP contribution in [0.4, 0.5) is 8.78 Å². The van der Waals surface area contributed by atoms with Crippen LogP contribution < -0.4 is 0 Å². The third-order valence-corrected chi connectivity index (χ3v) is 4.64.